The van der Waals surface area contributed by atoms with Gasteiger partial charge in [0.25, 0.3) is 0 Å². The highest BCUT2D eigenvalue weighted by Crippen LogP contribution is 2.29. The van der Waals surface area contributed by atoms with Gasteiger partial charge in [-0.05, 0) is 61.9 Å². The van der Waals surface area contributed by atoms with Crippen molar-refractivity contribution in [1.29, 1.82) is 0 Å². The summed E-state index contributed by atoms with van der Waals surface area (Å²) < 4.78 is 1.25. The quantitative estimate of drug-likeness (QED) is 0.548. The Bertz CT molecular complexity index is 840. The van der Waals surface area contributed by atoms with Crippen LogP contribution in [0.4, 0.5) is 0 Å². The van der Waals surface area contributed by atoms with Gasteiger partial charge in [-0.2, -0.15) is 0 Å². The maximum atomic E-state index is 12.7. The van der Waals surface area contributed by atoms with E-state index in [1.807, 2.05) is 18.2 Å². The molecule has 26 heavy (non-hydrogen) atoms. The predicted molar refractivity (Wildman–Crippen MR) is 105 cm³/mol. The first-order valence-corrected chi connectivity index (χ1v) is 10.1. The fraction of sp³-hybridized carbons (Fsp3) is 0.381. The maximum Gasteiger partial charge on any atom is 0.223 e. The second kappa shape index (κ2) is 7.96. The lowest BCUT2D eigenvalue weighted by molar-refractivity contribution is -0.132. The minimum Gasteiger partial charge on any atom is -0.335 e. The number of aryl methyl sites for hydroxylation is 1. The number of para-hydroxylation sites is 1. The van der Waals surface area contributed by atoms with Crippen molar-refractivity contribution in [2.45, 2.75) is 51.1 Å². The first kappa shape index (κ1) is 17.2. The zero-order chi connectivity index (χ0) is 17.8. The SMILES string of the molecule is O=C(CCCCc1nc2ccccc2s1)N(Cc1ccncc1)C1CC1. The number of hydrogen-bond acceptors (Lipinski definition) is 4. The highest BCUT2D eigenvalue weighted by molar-refractivity contribution is 7.18. The summed E-state index contributed by atoms with van der Waals surface area (Å²) in [5, 5.41) is 1.18. The van der Waals surface area contributed by atoms with Gasteiger partial charge in [0.1, 0.15) is 0 Å². The van der Waals surface area contributed by atoms with Crippen molar-refractivity contribution in [2.24, 2.45) is 0 Å². The number of fused-ring (bicyclic) bond motifs is 1. The monoisotopic (exact) mass is 365 g/mol. The van der Waals surface area contributed by atoms with Gasteiger partial charge in [0, 0.05) is 31.4 Å². The first-order valence-electron chi connectivity index (χ1n) is 9.32. The van der Waals surface area contributed by atoms with Gasteiger partial charge in [0.15, 0.2) is 0 Å². The zero-order valence-corrected chi connectivity index (χ0v) is 15.6. The van der Waals surface area contributed by atoms with Gasteiger partial charge in [-0.25, -0.2) is 4.98 Å². The van der Waals surface area contributed by atoms with Gasteiger partial charge in [-0.3, -0.25) is 9.78 Å². The molecule has 5 heteroatoms. The van der Waals surface area contributed by atoms with E-state index in [9.17, 15) is 4.79 Å². The molecule has 0 N–H and O–H groups in total. The van der Waals surface area contributed by atoms with E-state index in [1.165, 1.54) is 9.71 Å². The summed E-state index contributed by atoms with van der Waals surface area (Å²) in [7, 11) is 0. The molecule has 1 aromatic carbocycles. The van der Waals surface area contributed by atoms with Crippen LogP contribution in [0.5, 0.6) is 0 Å². The van der Waals surface area contributed by atoms with E-state index in [2.05, 4.69) is 33.1 Å². The summed E-state index contributed by atoms with van der Waals surface area (Å²) in [5.74, 6) is 0.286. The number of hydrogen-bond donors (Lipinski definition) is 0. The zero-order valence-electron chi connectivity index (χ0n) is 14.8. The van der Waals surface area contributed by atoms with Gasteiger partial charge in [-0.15, -0.1) is 11.3 Å². The Balaban J connectivity index is 1.27. The lowest BCUT2D eigenvalue weighted by Gasteiger charge is -2.22. The lowest BCUT2D eigenvalue weighted by Crippen LogP contribution is -2.32. The summed E-state index contributed by atoms with van der Waals surface area (Å²) in [6.07, 6.45) is 9.40. The molecule has 4 rings (SSSR count). The molecule has 1 amide bonds. The number of thiazole rings is 1. The average Bonchev–Trinajstić information content (AvgIpc) is 3.42. The van der Waals surface area contributed by atoms with Crippen LogP contribution < -0.4 is 0 Å². The third-order valence-corrected chi connectivity index (χ3v) is 5.88. The smallest absolute Gasteiger partial charge is 0.223 e. The molecule has 1 aliphatic carbocycles. The minimum absolute atomic E-state index is 0.286. The molecule has 0 atom stereocenters. The van der Waals surface area contributed by atoms with Gasteiger partial charge in [0.2, 0.25) is 5.91 Å². The second-order valence-electron chi connectivity index (χ2n) is 6.89. The summed E-state index contributed by atoms with van der Waals surface area (Å²) in [5.41, 5.74) is 2.25. The number of nitrogens with zero attached hydrogens (tertiary/aromatic N) is 3. The minimum atomic E-state index is 0.286. The van der Waals surface area contributed by atoms with E-state index in [0.29, 0.717) is 19.0 Å². The van der Waals surface area contributed by atoms with Crippen molar-refractivity contribution in [2.75, 3.05) is 0 Å². The van der Waals surface area contributed by atoms with Crippen molar-refractivity contribution in [3.63, 3.8) is 0 Å². The van der Waals surface area contributed by atoms with Crippen LogP contribution in [0.2, 0.25) is 0 Å². The number of rotatable bonds is 8. The summed E-state index contributed by atoms with van der Waals surface area (Å²) in [6.45, 7) is 0.712. The van der Waals surface area contributed by atoms with Gasteiger partial charge in [-0.1, -0.05) is 12.1 Å². The fourth-order valence-corrected chi connectivity index (χ4v) is 4.22. The van der Waals surface area contributed by atoms with E-state index in [-0.39, 0.29) is 5.91 Å². The summed E-state index contributed by atoms with van der Waals surface area (Å²) >= 11 is 1.77. The molecule has 134 valence electrons. The highest BCUT2D eigenvalue weighted by Gasteiger charge is 2.32. The van der Waals surface area contributed by atoms with E-state index < -0.39 is 0 Å². The first-order chi connectivity index (χ1) is 12.8. The second-order valence-corrected chi connectivity index (χ2v) is 8.01. The van der Waals surface area contributed by atoms with Crippen LogP contribution in [0.1, 0.15) is 42.7 Å². The normalized spacial score (nSPS) is 13.8. The van der Waals surface area contributed by atoms with Gasteiger partial charge in [0.05, 0.1) is 15.2 Å². The standard InChI is InChI=1S/C21H23N3OS/c25-21(24(17-9-10-17)15-16-11-13-22-14-12-16)8-4-3-7-20-23-18-5-1-2-6-19(18)26-20/h1-2,5-6,11-14,17H,3-4,7-10,15H2. The number of carbonyl (C=O) groups is 1. The fourth-order valence-electron chi connectivity index (χ4n) is 3.21. The van der Waals surface area contributed by atoms with Crippen molar-refractivity contribution < 1.29 is 4.79 Å². The van der Waals surface area contributed by atoms with E-state index in [4.69, 9.17) is 0 Å². The molecule has 0 saturated heterocycles. The highest BCUT2D eigenvalue weighted by atomic mass is 32.1. The Hall–Kier alpha value is -2.27. The molecule has 1 fully saturated rings. The molecule has 3 aromatic rings. The summed E-state index contributed by atoms with van der Waals surface area (Å²) in [6, 6.07) is 12.7. The molecule has 0 unspecified atom stereocenters. The Kier molecular flexibility index (Phi) is 5.25. The Morgan fingerprint density at radius 2 is 1.92 bits per heavy atom. The largest absolute Gasteiger partial charge is 0.335 e. The molecule has 0 spiro atoms. The molecular weight excluding hydrogens is 342 g/mol. The third-order valence-electron chi connectivity index (χ3n) is 4.78. The Morgan fingerprint density at radius 3 is 2.69 bits per heavy atom. The number of benzene rings is 1. The number of pyridine rings is 1. The third kappa shape index (κ3) is 4.28. The molecule has 2 aromatic heterocycles. The van der Waals surface area contributed by atoms with Crippen LogP contribution in [0.3, 0.4) is 0 Å². The number of amides is 1. The summed E-state index contributed by atoms with van der Waals surface area (Å²) in [4.78, 5) is 23.5. The topological polar surface area (TPSA) is 46.1 Å². The Morgan fingerprint density at radius 1 is 1.12 bits per heavy atom. The lowest BCUT2D eigenvalue weighted by atomic mass is 10.1. The molecule has 4 nitrogen and oxygen atoms in total. The van der Waals surface area contributed by atoms with Crippen LogP contribution in [0.25, 0.3) is 10.2 Å². The molecule has 1 saturated carbocycles. The van der Waals surface area contributed by atoms with Crippen molar-refractivity contribution >= 4 is 27.5 Å². The van der Waals surface area contributed by atoms with Crippen molar-refractivity contribution in [3.05, 3.63) is 59.4 Å². The van der Waals surface area contributed by atoms with Gasteiger partial charge >= 0.3 is 0 Å². The van der Waals surface area contributed by atoms with Crippen LogP contribution in [-0.2, 0) is 17.8 Å². The molecular formula is C21H23N3OS. The Labute approximate surface area is 157 Å². The van der Waals surface area contributed by atoms with Crippen molar-refractivity contribution in [3.8, 4) is 0 Å². The predicted octanol–water partition coefficient (Wildman–Crippen LogP) is 4.60. The molecule has 2 heterocycles. The van der Waals surface area contributed by atoms with Crippen LogP contribution in [-0.4, -0.2) is 26.8 Å². The number of unbranched alkanes of at least 4 members (excludes halogenated alkanes) is 1. The molecule has 1 aliphatic rings. The maximum absolute atomic E-state index is 12.7. The van der Waals surface area contributed by atoms with Gasteiger partial charge < -0.3 is 4.90 Å². The van der Waals surface area contributed by atoms with Crippen LogP contribution in [0.15, 0.2) is 48.8 Å². The van der Waals surface area contributed by atoms with E-state index in [0.717, 1.165) is 43.2 Å². The number of carbonyl (C=O) groups excluding carboxylic acids is 1. The van der Waals surface area contributed by atoms with Crippen LogP contribution >= 0.6 is 11.3 Å². The van der Waals surface area contributed by atoms with E-state index in [1.54, 1.807) is 23.7 Å². The molecule has 0 bridgehead atoms. The van der Waals surface area contributed by atoms with E-state index >= 15 is 0 Å². The van der Waals surface area contributed by atoms with Crippen LogP contribution in [0, 0.1) is 0 Å². The molecule has 0 radical (unpaired) electrons. The average molecular weight is 366 g/mol. The number of aromatic nitrogens is 2. The van der Waals surface area contributed by atoms with Crippen molar-refractivity contribution in [1.82, 2.24) is 14.9 Å². The molecule has 0 aliphatic heterocycles.